The maximum atomic E-state index is 13.6. The van der Waals surface area contributed by atoms with Crippen LogP contribution in [0.1, 0.15) is 5.56 Å². The predicted octanol–water partition coefficient (Wildman–Crippen LogP) is 4.52. The molecule has 0 bridgehead atoms. The van der Waals surface area contributed by atoms with Crippen molar-refractivity contribution >= 4 is 23.1 Å². The van der Waals surface area contributed by atoms with Crippen molar-refractivity contribution < 1.29 is 17.6 Å². The molecule has 128 valence electrons. The lowest BCUT2D eigenvalue weighted by Crippen LogP contribution is -2.06. The number of para-hydroxylation sites is 1. The summed E-state index contributed by atoms with van der Waals surface area (Å²) in [6, 6.07) is 10.6. The van der Waals surface area contributed by atoms with Crippen molar-refractivity contribution in [1.29, 1.82) is 0 Å². The van der Waals surface area contributed by atoms with Gasteiger partial charge in [0, 0.05) is 5.69 Å². The van der Waals surface area contributed by atoms with E-state index in [2.05, 4.69) is 25.8 Å². The van der Waals surface area contributed by atoms with Gasteiger partial charge in [0.15, 0.2) is 5.82 Å². The van der Waals surface area contributed by atoms with Gasteiger partial charge >= 0.3 is 6.18 Å². The molecule has 5 nitrogen and oxygen atoms in total. The predicted molar refractivity (Wildman–Crippen MR) is 84.2 cm³/mol. The minimum absolute atomic E-state index is 0.0272. The number of aromatic nitrogens is 3. The molecule has 0 saturated heterocycles. The van der Waals surface area contributed by atoms with E-state index in [-0.39, 0.29) is 23.1 Å². The quantitative estimate of drug-likeness (QED) is 0.678. The normalized spacial score (nSPS) is 11.2. The first-order valence-corrected chi connectivity index (χ1v) is 7.07. The molecule has 2 aromatic carbocycles. The van der Waals surface area contributed by atoms with Crippen LogP contribution in [0.4, 0.5) is 40.7 Å². The van der Waals surface area contributed by atoms with Crippen molar-refractivity contribution in [2.24, 2.45) is 0 Å². The summed E-state index contributed by atoms with van der Waals surface area (Å²) in [7, 11) is 0. The molecule has 0 fully saturated rings. The first-order chi connectivity index (χ1) is 11.9. The van der Waals surface area contributed by atoms with Gasteiger partial charge in [-0.3, -0.25) is 0 Å². The molecule has 0 unspecified atom stereocenters. The summed E-state index contributed by atoms with van der Waals surface area (Å²) < 4.78 is 51.8. The van der Waals surface area contributed by atoms with Crippen LogP contribution in [0.15, 0.2) is 54.7 Å². The molecule has 1 aromatic heterocycles. The molecule has 3 aromatic rings. The van der Waals surface area contributed by atoms with Gasteiger partial charge in [0.25, 0.3) is 0 Å². The number of nitrogens with one attached hydrogen (secondary N) is 2. The first kappa shape index (κ1) is 16.6. The molecular formula is C16H11F4N5. The molecule has 3 rings (SSSR count). The number of nitrogens with zero attached hydrogens (tertiary/aromatic N) is 3. The lowest BCUT2D eigenvalue weighted by Gasteiger charge is -2.10. The van der Waals surface area contributed by atoms with Crippen molar-refractivity contribution in [1.82, 2.24) is 15.2 Å². The Bertz CT molecular complexity index is 882. The molecule has 0 aliphatic carbocycles. The Morgan fingerprint density at radius 1 is 0.920 bits per heavy atom. The second kappa shape index (κ2) is 6.71. The Balaban J connectivity index is 1.80. The molecule has 0 amide bonds. The maximum absolute atomic E-state index is 13.6. The second-order valence-electron chi connectivity index (χ2n) is 4.97. The molecule has 0 saturated carbocycles. The van der Waals surface area contributed by atoms with Crippen LogP contribution in [0.2, 0.25) is 0 Å². The fraction of sp³-hybridized carbons (Fsp3) is 0.0625. The van der Waals surface area contributed by atoms with E-state index in [9.17, 15) is 17.6 Å². The molecule has 0 radical (unpaired) electrons. The number of anilines is 4. The van der Waals surface area contributed by atoms with Crippen LogP contribution in [0.5, 0.6) is 0 Å². The van der Waals surface area contributed by atoms with Crippen molar-refractivity contribution in [3.8, 4) is 0 Å². The standard InChI is InChI=1S/C16H11F4N5/c17-12-6-1-2-7-13(12)23-14-9-21-25-15(24-14)22-11-5-3-4-10(8-11)16(18,19)20/h1-9H,(H2,22,23,24,25). The van der Waals surface area contributed by atoms with Gasteiger partial charge in [0.1, 0.15) is 5.82 Å². The van der Waals surface area contributed by atoms with Crippen molar-refractivity contribution in [3.63, 3.8) is 0 Å². The Morgan fingerprint density at radius 3 is 2.48 bits per heavy atom. The highest BCUT2D eigenvalue weighted by molar-refractivity contribution is 5.59. The minimum atomic E-state index is -4.45. The fourth-order valence-electron chi connectivity index (χ4n) is 2.02. The largest absolute Gasteiger partial charge is 0.416 e. The number of hydrogen-bond donors (Lipinski definition) is 2. The van der Waals surface area contributed by atoms with Crippen LogP contribution >= 0.6 is 0 Å². The van der Waals surface area contributed by atoms with Gasteiger partial charge in [-0.1, -0.05) is 18.2 Å². The highest BCUT2D eigenvalue weighted by atomic mass is 19.4. The van der Waals surface area contributed by atoms with Crippen LogP contribution in [0.3, 0.4) is 0 Å². The lowest BCUT2D eigenvalue weighted by atomic mass is 10.2. The third kappa shape index (κ3) is 4.19. The minimum Gasteiger partial charge on any atom is -0.336 e. The fourth-order valence-corrected chi connectivity index (χ4v) is 2.02. The Morgan fingerprint density at radius 2 is 1.72 bits per heavy atom. The molecule has 0 aliphatic heterocycles. The summed E-state index contributed by atoms with van der Waals surface area (Å²) in [5, 5.41) is 12.8. The second-order valence-corrected chi connectivity index (χ2v) is 4.97. The summed E-state index contributed by atoms with van der Waals surface area (Å²) >= 11 is 0. The molecule has 2 N–H and O–H groups in total. The van der Waals surface area contributed by atoms with Gasteiger partial charge in [-0.05, 0) is 30.3 Å². The third-order valence-electron chi connectivity index (χ3n) is 3.14. The van der Waals surface area contributed by atoms with E-state index >= 15 is 0 Å². The number of halogens is 4. The number of benzene rings is 2. The van der Waals surface area contributed by atoms with Gasteiger partial charge in [-0.25, -0.2) is 4.39 Å². The summed E-state index contributed by atoms with van der Waals surface area (Å²) in [6.07, 6.45) is -3.19. The zero-order valence-corrected chi connectivity index (χ0v) is 12.5. The lowest BCUT2D eigenvalue weighted by molar-refractivity contribution is -0.137. The van der Waals surface area contributed by atoms with Crippen molar-refractivity contribution in [2.45, 2.75) is 6.18 Å². The van der Waals surface area contributed by atoms with E-state index in [0.717, 1.165) is 12.1 Å². The molecule has 9 heteroatoms. The van der Waals surface area contributed by atoms with Gasteiger partial charge in [-0.2, -0.15) is 23.3 Å². The smallest absolute Gasteiger partial charge is 0.336 e. The SMILES string of the molecule is Fc1ccccc1Nc1cnnc(Nc2cccc(C(F)(F)F)c2)n1. The molecule has 0 atom stereocenters. The zero-order valence-electron chi connectivity index (χ0n) is 12.5. The van der Waals surface area contributed by atoms with Crippen LogP contribution in [0, 0.1) is 5.82 Å². The van der Waals surface area contributed by atoms with E-state index in [1.165, 1.54) is 30.5 Å². The van der Waals surface area contributed by atoms with Gasteiger partial charge in [0.05, 0.1) is 17.4 Å². The Hall–Kier alpha value is -3.23. The first-order valence-electron chi connectivity index (χ1n) is 7.07. The number of hydrogen-bond acceptors (Lipinski definition) is 5. The van der Waals surface area contributed by atoms with E-state index < -0.39 is 17.6 Å². The third-order valence-corrected chi connectivity index (χ3v) is 3.14. The molecule has 0 aliphatic rings. The van der Waals surface area contributed by atoms with E-state index in [1.54, 1.807) is 12.1 Å². The van der Waals surface area contributed by atoms with Gasteiger partial charge in [0.2, 0.25) is 5.95 Å². The van der Waals surface area contributed by atoms with Gasteiger partial charge in [-0.15, -0.1) is 5.10 Å². The summed E-state index contributed by atoms with van der Waals surface area (Å²) in [6.45, 7) is 0. The highest BCUT2D eigenvalue weighted by Crippen LogP contribution is 2.31. The van der Waals surface area contributed by atoms with E-state index in [1.807, 2.05) is 0 Å². The molecular weight excluding hydrogens is 338 g/mol. The van der Waals surface area contributed by atoms with Crippen LogP contribution in [0.25, 0.3) is 0 Å². The average molecular weight is 349 g/mol. The molecule has 0 spiro atoms. The van der Waals surface area contributed by atoms with Crippen LogP contribution in [-0.2, 0) is 6.18 Å². The number of alkyl halides is 3. The Labute approximate surface area is 139 Å². The monoisotopic (exact) mass is 349 g/mol. The number of rotatable bonds is 4. The molecule has 25 heavy (non-hydrogen) atoms. The molecule has 1 heterocycles. The Kier molecular flexibility index (Phi) is 4.46. The topological polar surface area (TPSA) is 62.7 Å². The van der Waals surface area contributed by atoms with Crippen molar-refractivity contribution in [2.75, 3.05) is 10.6 Å². The summed E-state index contributed by atoms with van der Waals surface area (Å²) in [4.78, 5) is 4.05. The maximum Gasteiger partial charge on any atom is 0.416 e. The summed E-state index contributed by atoms with van der Waals surface area (Å²) in [5.74, 6) is -0.316. The van der Waals surface area contributed by atoms with E-state index in [0.29, 0.717) is 0 Å². The van der Waals surface area contributed by atoms with Gasteiger partial charge < -0.3 is 10.6 Å². The van der Waals surface area contributed by atoms with Crippen LogP contribution in [-0.4, -0.2) is 15.2 Å². The van der Waals surface area contributed by atoms with Crippen LogP contribution < -0.4 is 10.6 Å². The average Bonchev–Trinajstić information content (AvgIpc) is 2.57. The van der Waals surface area contributed by atoms with Crippen molar-refractivity contribution in [3.05, 3.63) is 66.1 Å². The highest BCUT2D eigenvalue weighted by Gasteiger charge is 2.30. The van der Waals surface area contributed by atoms with E-state index in [4.69, 9.17) is 0 Å². The zero-order chi connectivity index (χ0) is 17.9. The summed E-state index contributed by atoms with van der Waals surface area (Å²) in [5.41, 5.74) is -0.459.